The van der Waals surface area contributed by atoms with E-state index < -0.39 is 6.10 Å². The first-order chi connectivity index (χ1) is 9.19. The van der Waals surface area contributed by atoms with Gasteiger partial charge in [0.05, 0.1) is 11.9 Å². The van der Waals surface area contributed by atoms with Gasteiger partial charge < -0.3 is 15.8 Å². The lowest BCUT2D eigenvalue weighted by Gasteiger charge is -2.17. The standard InChI is InChI=1S/C14H21N3O2/c1-10(14(18)17-11-4-2-3-5-11)19-13-7-6-12(8-15)16-9-13/h6-7,9-11H,2-5,8,15H2,1H3,(H,17,18). The summed E-state index contributed by atoms with van der Waals surface area (Å²) < 4.78 is 5.57. The summed E-state index contributed by atoms with van der Waals surface area (Å²) in [7, 11) is 0. The Morgan fingerprint density at radius 2 is 2.26 bits per heavy atom. The van der Waals surface area contributed by atoms with Gasteiger partial charge in [-0.3, -0.25) is 9.78 Å². The van der Waals surface area contributed by atoms with E-state index in [9.17, 15) is 4.79 Å². The minimum absolute atomic E-state index is 0.0604. The maximum Gasteiger partial charge on any atom is 0.260 e. The molecule has 1 unspecified atom stereocenters. The molecule has 1 heterocycles. The zero-order valence-electron chi connectivity index (χ0n) is 11.3. The molecular formula is C14H21N3O2. The Morgan fingerprint density at radius 1 is 1.53 bits per heavy atom. The van der Waals surface area contributed by atoms with Gasteiger partial charge in [0, 0.05) is 12.6 Å². The second-order valence-electron chi connectivity index (χ2n) is 4.94. The first-order valence-electron chi connectivity index (χ1n) is 6.81. The van der Waals surface area contributed by atoms with E-state index in [1.54, 1.807) is 25.3 Å². The number of aromatic nitrogens is 1. The number of nitrogens with one attached hydrogen (secondary N) is 1. The number of nitrogens with zero attached hydrogens (tertiary/aromatic N) is 1. The SMILES string of the molecule is CC(Oc1ccc(CN)nc1)C(=O)NC1CCCC1. The van der Waals surface area contributed by atoms with Gasteiger partial charge in [-0.05, 0) is 31.9 Å². The highest BCUT2D eigenvalue weighted by molar-refractivity contribution is 5.81. The maximum atomic E-state index is 11.9. The normalized spacial score (nSPS) is 17.2. The highest BCUT2D eigenvalue weighted by Gasteiger charge is 2.21. The summed E-state index contributed by atoms with van der Waals surface area (Å²) in [5.41, 5.74) is 6.27. The molecule has 1 saturated carbocycles. The van der Waals surface area contributed by atoms with Gasteiger partial charge in [-0.15, -0.1) is 0 Å². The van der Waals surface area contributed by atoms with Crippen LogP contribution in [0.15, 0.2) is 18.3 Å². The second-order valence-corrected chi connectivity index (χ2v) is 4.94. The summed E-state index contributed by atoms with van der Waals surface area (Å²) in [6.45, 7) is 2.15. The number of hydrogen-bond acceptors (Lipinski definition) is 4. The van der Waals surface area contributed by atoms with Crippen molar-refractivity contribution >= 4 is 5.91 Å². The number of carbonyl (C=O) groups excluding carboxylic acids is 1. The molecule has 1 amide bonds. The van der Waals surface area contributed by atoms with Crippen LogP contribution >= 0.6 is 0 Å². The van der Waals surface area contributed by atoms with E-state index in [0.29, 0.717) is 18.3 Å². The first kappa shape index (κ1) is 13.8. The van der Waals surface area contributed by atoms with Gasteiger partial charge in [-0.25, -0.2) is 0 Å². The van der Waals surface area contributed by atoms with E-state index in [1.165, 1.54) is 12.8 Å². The molecule has 1 aliphatic carbocycles. The van der Waals surface area contributed by atoms with Crippen LogP contribution in [0.5, 0.6) is 5.75 Å². The number of amides is 1. The number of pyridine rings is 1. The van der Waals surface area contributed by atoms with Gasteiger partial charge in [-0.2, -0.15) is 0 Å². The predicted octanol–water partition coefficient (Wildman–Crippen LogP) is 1.37. The zero-order valence-corrected chi connectivity index (χ0v) is 11.3. The first-order valence-corrected chi connectivity index (χ1v) is 6.81. The molecule has 0 aliphatic heterocycles. The van der Waals surface area contributed by atoms with E-state index >= 15 is 0 Å². The summed E-state index contributed by atoms with van der Waals surface area (Å²) in [6, 6.07) is 3.90. The minimum Gasteiger partial charge on any atom is -0.479 e. The lowest BCUT2D eigenvalue weighted by Crippen LogP contribution is -2.41. The lowest BCUT2D eigenvalue weighted by molar-refractivity contribution is -0.127. The molecule has 0 aromatic carbocycles. The van der Waals surface area contributed by atoms with Crippen LogP contribution in [0.4, 0.5) is 0 Å². The van der Waals surface area contributed by atoms with E-state index in [4.69, 9.17) is 10.5 Å². The smallest absolute Gasteiger partial charge is 0.260 e. The van der Waals surface area contributed by atoms with E-state index in [0.717, 1.165) is 18.5 Å². The van der Waals surface area contributed by atoms with Gasteiger partial charge in [0.15, 0.2) is 6.10 Å². The average molecular weight is 263 g/mol. The third-order valence-corrected chi connectivity index (χ3v) is 3.39. The maximum absolute atomic E-state index is 11.9. The van der Waals surface area contributed by atoms with Gasteiger partial charge in [0.2, 0.25) is 0 Å². The van der Waals surface area contributed by atoms with Gasteiger partial charge in [0.1, 0.15) is 5.75 Å². The number of ether oxygens (including phenoxy) is 1. The molecule has 1 aromatic heterocycles. The average Bonchev–Trinajstić information content (AvgIpc) is 2.92. The quantitative estimate of drug-likeness (QED) is 0.841. The third-order valence-electron chi connectivity index (χ3n) is 3.39. The fourth-order valence-corrected chi connectivity index (χ4v) is 2.25. The second kappa shape index (κ2) is 6.52. The van der Waals surface area contributed by atoms with Crippen LogP contribution in [0.3, 0.4) is 0 Å². The topological polar surface area (TPSA) is 77.2 Å². The van der Waals surface area contributed by atoms with Crippen molar-refractivity contribution in [3.05, 3.63) is 24.0 Å². The molecule has 1 atom stereocenters. The third kappa shape index (κ3) is 3.92. The van der Waals surface area contributed by atoms with E-state index in [2.05, 4.69) is 10.3 Å². The lowest BCUT2D eigenvalue weighted by atomic mass is 10.2. The molecule has 0 bridgehead atoms. The molecule has 0 saturated heterocycles. The van der Waals surface area contributed by atoms with Crippen molar-refractivity contribution in [1.82, 2.24) is 10.3 Å². The van der Waals surface area contributed by atoms with Crippen molar-refractivity contribution in [2.24, 2.45) is 5.73 Å². The molecule has 2 rings (SSSR count). The van der Waals surface area contributed by atoms with Gasteiger partial charge in [0.25, 0.3) is 5.91 Å². The van der Waals surface area contributed by atoms with Crippen molar-refractivity contribution in [3.8, 4) is 5.75 Å². The van der Waals surface area contributed by atoms with Gasteiger partial charge >= 0.3 is 0 Å². The largest absolute Gasteiger partial charge is 0.479 e. The Morgan fingerprint density at radius 3 is 2.84 bits per heavy atom. The van der Waals surface area contributed by atoms with Crippen molar-refractivity contribution in [1.29, 1.82) is 0 Å². The molecule has 5 heteroatoms. The number of rotatable bonds is 5. The number of nitrogens with two attached hydrogens (primary N) is 1. The molecule has 0 radical (unpaired) electrons. The summed E-state index contributed by atoms with van der Waals surface area (Å²) >= 11 is 0. The van der Waals surface area contributed by atoms with Crippen molar-refractivity contribution in [2.75, 3.05) is 0 Å². The van der Waals surface area contributed by atoms with E-state index in [1.807, 2.05) is 0 Å². The fourth-order valence-electron chi connectivity index (χ4n) is 2.25. The molecule has 19 heavy (non-hydrogen) atoms. The van der Waals surface area contributed by atoms with E-state index in [-0.39, 0.29) is 5.91 Å². The van der Waals surface area contributed by atoms with Crippen LogP contribution in [0.2, 0.25) is 0 Å². The minimum atomic E-state index is -0.508. The van der Waals surface area contributed by atoms with Crippen molar-refractivity contribution < 1.29 is 9.53 Å². The molecule has 3 N–H and O–H groups in total. The molecule has 1 aromatic rings. The Balaban J connectivity index is 1.84. The Labute approximate surface area is 113 Å². The highest BCUT2D eigenvalue weighted by atomic mass is 16.5. The van der Waals surface area contributed by atoms with Crippen LogP contribution in [-0.2, 0) is 11.3 Å². The molecular weight excluding hydrogens is 242 g/mol. The summed E-state index contributed by atoms with van der Waals surface area (Å²) in [6.07, 6.45) is 5.64. The summed E-state index contributed by atoms with van der Waals surface area (Å²) in [4.78, 5) is 16.1. The molecule has 1 aliphatic rings. The molecule has 0 spiro atoms. The van der Waals surface area contributed by atoms with Crippen LogP contribution in [-0.4, -0.2) is 23.0 Å². The summed E-state index contributed by atoms with van der Waals surface area (Å²) in [5, 5.41) is 3.02. The van der Waals surface area contributed by atoms with Gasteiger partial charge in [-0.1, -0.05) is 12.8 Å². The Kier molecular flexibility index (Phi) is 4.74. The van der Waals surface area contributed by atoms with Crippen molar-refractivity contribution in [2.45, 2.75) is 51.3 Å². The summed E-state index contributed by atoms with van der Waals surface area (Å²) in [5.74, 6) is 0.529. The highest BCUT2D eigenvalue weighted by Crippen LogP contribution is 2.18. The van der Waals surface area contributed by atoms with Crippen molar-refractivity contribution in [3.63, 3.8) is 0 Å². The molecule has 1 fully saturated rings. The zero-order chi connectivity index (χ0) is 13.7. The Bertz CT molecular complexity index is 413. The number of carbonyl (C=O) groups is 1. The van der Waals surface area contributed by atoms with Crippen LogP contribution < -0.4 is 15.8 Å². The van der Waals surface area contributed by atoms with Crippen LogP contribution in [0, 0.1) is 0 Å². The fraction of sp³-hybridized carbons (Fsp3) is 0.571. The molecule has 5 nitrogen and oxygen atoms in total. The molecule has 104 valence electrons. The predicted molar refractivity (Wildman–Crippen MR) is 72.6 cm³/mol. The van der Waals surface area contributed by atoms with Crippen LogP contribution in [0.25, 0.3) is 0 Å². The Hall–Kier alpha value is -1.62. The van der Waals surface area contributed by atoms with Crippen LogP contribution in [0.1, 0.15) is 38.3 Å². The number of hydrogen-bond donors (Lipinski definition) is 2. The monoisotopic (exact) mass is 263 g/mol.